The highest BCUT2D eigenvalue weighted by atomic mass is 35.5. The molecule has 0 aliphatic heterocycles. The maximum Gasteiger partial charge on any atom is 0.240 e. The summed E-state index contributed by atoms with van der Waals surface area (Å²) in [5.41, 5.74) is 0. The predicted octanol–water partition coefficient (Wildman–Crippen LogP) is 0.129. The number of hydrogen-bond donors (Lipinski definition) is 3. The van der Waals surface area contributed by atoms with Gasteiger partial charge in [-0.3, -0.25) is 4.79 Å². The van der Waals surface area contributed by atoms with Gasteiger partial charge in [0, 0.05) is 39.7 Å². The first-order valence-corrected chi connectivity index (χ1v) is 8.55. The second-order valence-corrected chi connectivity index (χ2v) is 6.32. The molecule has 0 radical (unpaired) electrons. The van der Waals surface area contributed by atoms with E-state index in [2.05, 4.69) is 15.4 Å². The summed E-state index contributed by atoms with van der Waals surface area (Å²) >= 11 is 0. The van der Waals surface area contributed by atoms with Crippen molar-refractivity contribution in [3.63, 3.8) is 0 Å². The van der Waals surface area contributed by atoms with Gasteiger partial charge in [0.15, 0.2) is 0 Å². The molecule has 1 rings (SSSR count). The molecule has 1 aromatic carbocycles. The van der Waals surface area contributed by atoms with Crippen molar-refractivity contribution in [1.29, 1.82) is 0 Å². The average molecular weight is 366 g/mol. The molecule has 0 bridgehead atoms. The number of methoxy groups -OCH3 is 1. The summed E-state index contributed by atoms with van der Waals surface area (Å²) in [7, 11) is -1.92. The van der Waals surface area contributed by atoms with Crippen LogP contribution in [-0.2, 0) is 19.6 Å². The van der Waals surface area contributed by atoms with Gasteiger partial charge < -0.3 is 15.4 Å². The normalized spacial score (nSPS) is 10.8. The highest BCUT2D eigenvalue weighted by molar-refractivity contribution is 7.89. The molecule has 1 amide bonds. The Balaban J connectivity index is 0.00000484. The molecule has 0 aliphatic carbocycles. The molecule has 23 heavy (non-hydrogen) atoms. The van der Waals surface area contributed by atoms with E-state index >= 15 is 0 Å². The van der Waals surface area contributed by atoms with E-state index in [1.54, 1.807) is 25.3 Å². The first-order chi connectivity index (χ1) is 10.6. The van der Waals surface area contributed by atoms with Crippen LogP contribution in [0.15, 0.2) is 35.2 Å². The van der Waals surface area contributed by atoms with Crippen LogP contribution in [-0.4, -0.2) is 54.2 Å². The van der Waals surface area contributed by atoms with Crippen LogP contribution in [0.3, 0.4) is 0 Å². The van der Waals surface area contributed by atoms with Gasteiger partial charge in [0.05, 0.1) is 11.5 Å². The van der Waals surface area contributed by atoms with E-state index in [1.807, 2.05) is 0 Å². The number of carbonyl (C=O) groups is 1. The van der Waals surface area contributed by atoms with Crippen molar-refractivity contribution >= 4 is 28.3 Å². The van der Waals surface area contributed by atoms with E-state index in [0.29, 0.717) is 19.7 Å². The topological polar surface area (TPSA) is 96.5 Å². The maximum atomic E-state index is 11.9. The van der Waals surface area contributed by atoms with Crippen molar-refractivity contribution in [3.8, 4) is 0 Å². The molecular weight excluding hydrogens is 342 g/mol. The SMILES string of the molecule is COCCNCCNC(=O)CCNS(=O)(=O)c1ccccc1.Cl. The lowest BCUT2D eigenvalue weighted by Crippen LogP contribution is -2.35. The van der Waals surface area contributed by atoms with Crippen LogP contribution in [0.5, 0.6) is 0 Å². The Morgan fingerprint density at radius 3 is 2.43 bits per heavy atom. The van der Waals surface area contributed by atoms with Crippen molar-refractivity contribution in [2.45, 2.75) is 11.3 Å². The fourth-order valence-corrected chi connectivity index (χ4v) is 2.71. The van der Waals surface area contributed by atoms with Crippen molar-refractivity contribution in [1.82, 2.24) is 15.4 Å². The van der Waals surface area contributed by atoms with Crippen molar-refractivity contribution in [2.24, 2.45) is 0 Å². The second kappa shape index (κ2) is 12.3. The molecule has 0 aromatic heterocycles. The first-order valence-electron chi connectivity index (χ1n) is 7.07. The standard InChI is InChI=1S/C14H23N3O4S.ClH/c1-21-12-11-15-9-10-16-14(18)7-8-17-22(19,20)13-5-3-2-4-6-13;/h2-6,15,17H,7-12H2,1H3,(H,16,18);1H. The van der Waals surface area contributed by atoms with Gasteiger partial charge in [-0.1, -0.05) is 18.2 Å². The third kappa shape index (κ3) is 9.52. The molecular formula is C14H24ClN3O4S. The quantitative estimate of drug-likeness (QED) is 0.484. The largest absolute Gasteiger partial charge is 0.383 e. The van der Waals surface area contributed by atoms with E-state index in [4.69, 9.17) is 4.74 Å². The van der Waals surface area contributed by atoms with Crippen molar-refractivity contribution < 1.29 is 17.9 Å². The molecule has 9 heteroatoms. The molecule has 0 fully saturated rings. The number of hydrogen-bond acceptors (Lipinski definition) is 5. The second-order valence-electron chi connectivity index (χ2n) is 4.55. The molecule has 0 unspecified atom stereocenters. The Hall–Kier alpha value is -1.19. The van der Waals surface area contributed by atoms with Gasteiger partial charge in [-0.05, 0) is 12.1 Å². The van der Waals surface area contributed by atoms with Crippen LogP contribution >= 0.6 is 12.4 Å². The molecule has 7 nitrogen and oxygen atoms in total. The van der Waals surface area contributed by atoms with E-state index in [1.165, 1.54) is 12.1 Å². The highest BCUT2D eigenvalue weighted by Crippen LogP contribution is 2.06. The van der Waals surface area contributed by atoms with Crippen molar-refractivity contribution in [2.75, 3.05) is 39.9 Å². The van der Waals surface area contributed by atoms with Gasteiger partial charge in [-0.25, -0.2) is 13.1 Å². The minimum atomic E-state index is -3.55. The van der Waals surface area contributed by atoms with Gasteiger partial charge in [-0.2, -0.15) is 0 Å². The number of amides is 1. The number of sulfonamides is 1. The Morgan fingerprint density at radius 1 is 1.09 bits per heavy atom. The molecule has 0 heterocycles. The smallest absolute Gasteiger partial charge is 0.240 e. The first kappa shape index (κ1) is 21.8. The molecule has 3 N–H and O–H groups in total. The minimum absolute atomic E-state index is 0. The molecule has 1 aromatic rings. The Bertz CT molecular complexity index is 540. The molecule has 0 aliphatic rings. The van der Waals surface area contributed by atoms with Crippen LogP contribution in [0, 0.1) is 0 Å². The molecule has 0 saturated carbocycles. The van der Waals surface area contributed by atoms with E-state index < -0.39 is 10.0 Å². The maximum absolute atomic E-state index is 11.9. The summed E-state index contributed by atoms with van der Waals surface area (Å²) in [5.74, 6) is -0.190. The third-order valence-electron chi connectivity index (χ3n) is 2.80. The van der Waals surface area contributed by atoms with E-state index in [-0.39, 0.29) is 36.2 Å². The summed E-state index contributed by atoms with van der Waals surface area (Å²) in [4.78, 5) is 11.7. The number of carbonyl (C=O) groups excluding carboxylic acids is 1. The van der Waals surface area contributed by atoms with Crippen LogP contribution in [0.2, 0.25) is 0 Å². The molecule has 0 atom stereocenters. The Kier molecular flexibility index (Phi) is 11.6. The Morgan fingerprint density at radius 2 is 1.78 bits per heavy atom. The lowest BCUT2D eigenvalue weighted by Gasteiger charge is -2.08. The summed E-state index contributed by atoms with van der Waals surface area (Å²) < 4.78 is 31.1. The summed E-state index contributed by atoms with van der Waals surface area (Å²) in [5, 5.41) is 5.80. The number of rotatable bonds is 11. The van der Waals surface area contributed by atoms with Crippen LogP contribution in [0.1, 0.15) is 6.42 Å². The zero-order chi connectivity index (χ0) is 16.3. The molecule has 132 valence electrons. The zero-order valence-corrected chi connectivity index (χ0v) is 14.7. The summed E-state index contributed by atoms with van der Waals surface area (Å²) in [6, 6.07) is 8.06. The highest BCUT2D eigenvalue weighted by Gasteiger charge is 2.13. The van der Waals surface area contributed by atoms with Crippen LogP contribution in [0.4, 0.5) is 0 Å². The fourth-order valence-electron chi connectivity index (χ4n) is 1.66. The fraction of sp³-hybridized carbons (Fsp3) is 0.500. The van der Waals surface area contributed by atoms with Crippen molar-refractivity contribution in [3.05, 3.63) is 30.3 Å². The van der Waals surface area contributed by atoms with Crippen LogP contribution < -0.4 is 15.4 Å². The monoisotopic (exact) mass is 365 g/mol. The predicted molar refractivity (Wildman–Crippen MR) is 91.3 cm³/mol. The number of benzene rings is 1. The average Bonchev–Trinajstić information content (AvgIpc) is 2.51. The van der Waals surface area contributed by atoms with E-state index in [9.17, 15) is 13.2 Å². The summed E-state index contributed by atoms with van der Waals surface area (Å²) in [6.07, 6.45) is 0.101. The van der Waals surface area contributed by atoms with Gasteiger partial charge in [0.1, 0.15) is 0 Å². The zero-order valence-electron chi connectivity index (χ0n) is 13.1. The minimum Gasteiger partial charge on any atom is -0.383 e. The number of halogens is 1. The van der Waals surface area contributed by atoms with Gasteiger partial charge in [-0.15, -0.1) is 12.4 Å². The molecule has 0 saturated heterocycles. The number of ether oxygens (including phenoxy) is 1. The number of nitrogens with one attached hydrogen (secondary N) is 3. The third-order valence-corrected chi connectivity index (χ3v) is 4.28. The van der Waals surface area contributed by atoms with Gasteiger partial charge in [0.2, 0.25) is 15.9 Å². The lowest BCUT2D eigenvalue weighted by atomic mass is 10.4. The Labute approximate surface area is 143 Å². The van der Waals surface area contributed by atoms with E-state index in [0.717, 1.165) is 6.54 Å². The lowest BCUT2D eigenvalue weighted by molar-refractivity contribution is -0.120. The summed E-state index contributed by atoms with van der Waals surface area (Å²) in [6.45, 7) is 2.55. The van der Waals surface area contributed by atoms with Gasteiger partial charge in [0.25, 0.3) is 0 Å². The van der Waals surface area contributed by atoms with Crippen LogP contribution in [0.25, 0.3) is 0 Å². The molecule has 0 spiro atoms. The van der Waals surface area contributed by atoms with Gasteiger partial charge >= 0.3 is 0 Å².